The SMILES string of the molecule is C=C(N/N=C/c1c2ccccc2cc2ccccc12)c1ccccc1. The zero-order chi connectivity index (χ0) is 17.1. The van der Waals surface area contributed by atoms with E-state index in [1.807, 2.05) is 36.5 Å². The molecule has 0 unspecified atom stereocenters. The Balaban J connectivity index is 1.73. The van der Waals surface area contributed by atoms with Gasteiger partial charge in [0, 0.05) is 5.56 Å². The summed E-state index contributed by atoms with van der Waals surface area (Å²) in [5.74, 6) is 0. The van der Waals surface area contributed by atoms with Crippen molar-refractivity contribution in [3.05, 3.63) is 103 Å². The largest absolute Gasteiger partial charge is 0.278 e. The fraction of sp³-hybridized carbons (Fsp3) is 0. The molecule has 0 aliphatic rings. The van der Waals surface area contributed by atoms with Gasteiger partial charge in [-0.05, 0) is 33.2 Å². The number of fused-ring (bicyclic) bond motifs is 2. The van der Waals surface area contributed by atoms with Gasteiger partial charge in [0.2, 0.25) is 0 Å². The summed E-state index contributed by atoms with van der Waals surface area (Å²) in [5, 5.41) is 9.25. The molecule has 4 rings (SSSR count). The van der Waals surface area contributed by atoms with Gasteiger partial charge in [-0.15, -0.1) is 0 Å². The number of nitrogens with one attached hydrogen (secondary N) is 1. The number of hydrogen-bond donors (Lipinski definition) is 1. The Kier molecular flexibility index (Phi) is 4.01. The number of hydrazone groups is 1. The van der Waals surface area contributed by atoms with Gasteiger partial charge in [-0.1, -0.05) is 85.4 Å². The van der Waals surface area contributed by atoms with E-state index in [4.69, 9.17) is 0 Å². The van der Waals surface area contributed by atoms with Crippen LogP contribution in [0.1, 0.15) is 11.1 Å². The Hall–Kier alpha value is -3.39. The minimum absolute atomic E-state index is 0.779. The van der Waals surface area contributed by atoms with E-state index in [1.54, 1.807) is 0 Å². The van der Waals surface area contributed by atoms with Gasteiger partial charge in [-0.2, -0.15) is 5.10 Å². The molecule has 4 aromatic rings. The Morgan fingerprint density at radius 2 is 1.32 bits per heavy atom. The van der Waals surface area contributed by atoms with Gasteiger partial charge in [0.05, 0.1) is 11.9 Å². The molecule has 0 bridgehead atoms. The highest BCUT2D eigenvalue weighted by Gasteiger charge is 2.05. The van der Waals surface area contributed by atoms with Crippen LogP contribution in [0.4, 0.5) is 0 Å². The molecule has 0 aliphatic carbocycles. The van der Waals surface area contributed by atoms with Crippen molar-refractivity contribution in [1.82, 2.24) is 5.43 Å². The Labute approximate surface area is 147 Å². The van der Waals surface area contributed by atoms with Gasteiger partial charge in [-0.25, -0.2) is 0 Å². The average molecular weight is 322 g/mol. The minimum Gasteiger partial charge on any atom is -0.278 e. The zero-order valence-electron chi connectivity index (χ0n) is 13.8. The summed E-state index contributed by atoms with van der Waals surface area (Å²) in [4.78, 5) is 0. The normalized spacial score (nSPS) is 11.2. The summed E-state index contributed by atoms with van der Waals surface area (Å²) in [6.45, 7) is 4.06. The van der Waals surface area contributed by atoms with Gasteiger partial charge in [0.1, 0.15) is 0 Å². The molecule has 25 heavy (non-hydrogen) atoms. The molecule has 4 aromatic carbocycles. The van der Waals surface area contributed by atoms with Crippen LogP contribution < -0.4 is 5.43 Å². The molecule has 0 fully saturated rings. The lowest BCUT2D eigenvalue weighted by Crippen LogP contribution is -2.03. The smallest absolute Gasteiger partial charge is 0.0562 e. The van der Waals surface area contributed by atoms with Crippen molar-refractivity contribution in [3.8, 4) is 0 Å². The van der Waals surface area contributed by atoms with Crippen LogP contribution in [-0.2, 0) is 0 Å². The van der Waals surface area contributed by atoms with Crippen LogP contribution in [0.3, 0.4) is 0 Å². The summed E-state index contributed by atoms with van der Waals surface area (Å²) >= 11 is 0. The Morgan fingerprint density at radius 1 is 0.760 bits per heavy atom. The first-order chi connectivity index (χ1) is 12.3. The predicted octanol–water partition coefficient (Wildman–Crippen LogP) is 5.59. The van der Waals surface area contributed by atoms with E-state index in [0.717, 1.165) is 16.8 Å². The number of rotatable bonds is 4. The molecule has 0 aliphatic heterocycles. The van der Waals surface area contributed by atoms with Gasteiger partial charge < -0.3 is 0 Å². The lowest BCUT2D eigenvalue weighted by atomic mass is 9.97. The quantitative estimate of drug-likeness (QED) is 0.296. The minimum atomic E-state index is 0.779. The highest BCUT2D eigenvalue weighted by Crippen LogP contribution is 2.27. The first-order valence-corrected chi connectivity index (χ1v) is 8.27. The second-order valence-electron chi connectivity index (χ2n) is 5.95. The standard InChI is InChI=1S/C23H18N2/c1-17(18-9-3-2-4-10-18)25-24-16-23-21-13-7-5-11-19(21)15-20-12-6-8-14-22(20)23/h2-16,25H,1H2/b24-16+. The van der Waals surface area contributed by atoms with E-state index in [9.17, 15) is 0 Å². The molecule has 2 heteroatoms. The molecule has 0 aromatic heterocycles. The second kappa shape index (κ2) is 6.62. The van der Waals surface area contributed by atoms with E-state index in [0.29, 0.717) is 0 Å². The van der Waals surface area contributed by atoms with E-state index in [-0.39, 0.29) is 0 Å². The van der Waals surface area contributed by atoms with Crippen molar-refractivity contribution < 1.29 is 0 Å². The lowest BCUT2D eigenvalue weighted by molar-refractivity contribution is 1.00. The molecule has 0 radical (unpaired) electrons. The third kappa shape index (κ3) is 3.02. The molecule has 0 saturated carbocycles. The average Bonchev–Trinajstić information content (AvgIpc) is 2.68. The van der Waals surface area contributed by atoms with Gasteiger partial charge in [0.15, 0.2) is 0 Å². The van der Waals surface area contributed by atoms with E-state index in [2.05, 4.69) is 71.7 Å². The molecule has 120 valence electrons. The van der Waals surface area contributed by atoms with E-state index < -0.39 is 0 Å². The van der Waals surface area contributed by atoms with Crippen molar-refractivity contribution >= 4 is 33.5 Å². The van der Waals surface area contributed by atoms with Crippen molar-refractivity contribution in [2.75, 3.05) is 0 Å². The molecule has 0 heterocycles. The van der Waals surface area contributed by atoms with E-state index in [1.165, 1.54) is 21.5 Å². The molecule has 0 amide bonds. The highest BCUT2D eigenvalue weighted by molar-refractivity contribution is 6.13. The Bertz CT molecular complexity index is 1020. The first-order valence-electron chi connectivity index (χ1n) is 8.27. The lowest BCUT2D eigenvalue weighted by Gasteiger charge is -2.08. The summed E-state index contributed by atoms with van der Waals surface area (Å²) < 4.78 is 0. The van der Waals surface area contributed by atoms with Crippen LogP contribution in [0.25, 0.3) is 27.2 Å². The molecular weight excluding hydrogens is 304 g/mol. The zero-order valence-corrected chi connectivity index (χ0v) is 13.8. The summed E-state index contributed by atoms with van der Waals surface area (Å²) in [6, 6.07) is 29.0. The summed E-state index contributed by atoms with van der Waals surface area (Å²) in [6.07, 6.45) is 1.89. The fourth-order valence-electron chi connectivity index (χ4n) is 3.07. The third-order valence-corrected chi connectivity index (χ3v) is 4.33. The molecule has 0 spiro atoms. The second-order valence-corrected chi connectivity index (χ2v) is 5.95. The fourth-order valence-corrected chi connectivity index (χ4v) is 3.07. The number of benzene rings is 4. The van der Waals surface area contributed by atoms with Gasteiger partial charge in [0.25, 0.3) is 0 Å². The van der Waals surface area contributed by atoms with Crippen molar-refractivity contribution in [3.63, 3.8) is 0 Å². The third-order valence-electron chi connectivity index (χ3n) is 4.33. The van der Waals surface area contributed by atoms with Crippen LogP contribution in [0.5, 0.6) is 0 Å². The van der Waals surface area contributed by atoms with Crippen LogP contribution >= 0.6 is 0 Å². The van der Waals surface area contributed by atoms with E-state index >= 15 is 0 Å². The number of hydrogen-bond acceptors (Lipinski definition) is 2. The first kappa shape index (κ1) is 15.2. The summed E-state index contributed by atoms with van der Waals surface area (Å²) in [5.41, 5.74) is 5.97. The van der Waals surface area contributed by atoms with Gasteiger partial charge >= 0.3 is 0 Å². The maximum absolute atomic E-state index is 4.44. The topological polar surface area (TPSA) is 24.4 Å². The molecule has 0 saturated heterocycles. The summed E-state index contributed by atoms with van der Waals surface area (Å²) in [7, 11) is 0. The monoisotopic (exact) mass is 322 g/mol. The molecule has 0 atom stereocenters. The van der Waals surface area contributed by atoms with Crippen molar-refractivity contribution in [1.29, 1.82) is 0 Å². The van der Waals surface area contributed by atoms with Crippen molar-refractivity contribution in [2.45, 2.75) is 0 Å². The molecule has 2 nitrogen and oxygen atoms in total. The van der Waals surface area contributed by atoms with Gasteiger partial charge in [-0.3, -0.25) is 5.43 Å². The molecule has 1 N–H and O–H groups in total. The predicted molar refractivity (Wildman–Crippen MR) is 108 cm³/mol. The number of nitrogens with zero attached hydrogens (tertiary/aromatic N) is 1. The van der Waals surface area contributed by atoms with Crippen molar-refractivity contribution in [2.24, 2.45) is 5.10 Å². The van der Waals surface area contributed by atoms with Crippen LogP contribution in [-0.4, -0.2) is 6.21 Å². The maximum atomic E-state index is 4.44. The highest BCUT2D eigenvalue weighted by atomic mass is 15.3. The van der Waals surface area contributed by atoms with Crippen LogP contribution in [0, 0.1) is 0 Å². The van der Waals surface area contributed by atoms with Crippen LogP contribution in [0.2, 0.25) is 0 Å². The molecular formula is C23H18N2. The van der Waals surface area contributed by atoms with Crippen LogP contribution in [0.15, 0.2) is 96.6 Å². The Morgan fingerprint density at radius 3 is 1.96 bits per heavy atom. The maximum Gasteiger partial charge on any atom is 0.0562 e.